The van der Waals surface area contributed by atoms with Crippen LogP contribution in [0.4, 0.5) is 0 Å². The van der Waals surface area contributed by atoms with Crippen LogP contribution < -0.4 is 5.32 Å². The molecule has 1 N–H and O–H groups in total. The Morgan fingerprint density at radius 1 is 1.30 bits per heavy atom. The van der Waals surface area contributed by atoms with Crippen LogP contribution in [-0.2, 0) is 20.0 Å². The van der Waals surface area contributed by atoms with Crippen LogP contribution in [-0.4, -0.2) is 32.4 Å². The fourth-order valence-corrected chi connectivity index (χ4v) is 5.74. The quantitative estimate of drug-likeness (QED) is 0.919. The molecule has 0 bridgehead atoms. The van der Waals surface area contributed by atoms with E-state index in [1.807, 2.05) is 0 Å². The molecule has 1 amide bonds. The third-order valence-corrected chi connectivity index (χ3v) is 7.16. The molecule has 1 aromatic carbocycles. The lowest BCUT2D eigenvalue weighted by atomic mass is 9.78. The second-order valence-electron chi connectivity index (χ2n) is 7.17. The highest BCUT2D eigenvalue weighted by atomic mass is 32.2. The molecule has 126 valence electrons. The maximum absolute atomic E-state index is 12.4. The highest BCUT2D eigenvalue weighted by Crippen LogP contribution is 2.41. The van der Waals surface area contributed by atoms with Crippen molar-refractivity contribution in [3.05, 3.63) is 35.4 Å². The molecule has 1 aliphatic carbocycles. The molecule has 0 spiro atoms. The third kappa shape index (κ3) is 3.60. The normalized spacial score (nSPS) is 25.3. The standard InChI is InChI=1S/C18H25NO3S/c1-14-5-4-6-16(11-14)18(8-2-3-9-18)13-19-17(20)15-7-10-23(21,22)12-15/h4-6,11,15H,2-3,7-10,12-13H2,1H3,(H,19,20)/t15-/m0/s1. The van der Waals surface area contributed by atoms with Crippen LogP contribution in [0.1, 0.15) is 43.2 Å². The maximum Gasteiger partial charge on any atom is 0.224 e. The molecule has 0 aromatic heterocycles. The number of amides is 1. The molecule has 1 aliphatic heterocycles. The zero-order valence-corrected chi connectivity index (χ0v) is 14.5. The van der Waals surface area contributed by atoms with Gasteiger partial charge in [-0.1, -0.05) is 42.7 Å². The Hall–Kier alpha value is -1.36. The van der Waals surface area contributed by atoms with E-state index in [1.54, 1.807) is 0 Å². The fourth-order valence-electron chi connectivity index (χ4n) is 4.00. The Bertz CT molecular complexity index is 690. The summed E-state index contributed by atoms with van der Waals surface area (Å²) < 4.78 is 23.1. The number of aryl methyl sites for hydroxylation is 1. The smallest absolute Gasteiger partial charge is 0.224 e. The number of hydrogen-bond acceptors (Lipinski definition) is 3. The van der Waals surface area contributed by atoms with E-state index in [0.29, 0.717) is 13.0 Å². The number of benzene rings is 1. The average Bonchev–Trinajstić information content (AvgIpc) is 3.12. The van der Waals surface area contributed by atoms with Gasteiger partial charge in [0.15, 0.2) is 9.84 Å². The van der Waals surface area contributed by atoms with E-state index in [-0.39, 0.29) is 28.7 Å². The molecule has 23 heavy (non-hydrogen) atoms. The molecule has 0 unspecified atom stereocenters. The monoisotopic (exact) mass is 335 g/mol. The SMILES string of the molecule is Cc1cccc(C2(CNC(=O)[C@H]3CCS(=O)(=O)C3)CCCC2)c1. The van der Waals surface area contributed by atoms with Gasteiger partial charge in [-0.15, -0.1) is 0 Å². The van der Waals surface area contributed by atoms with Gasteiger partial charge < -0.3 is 5.32 Å². The number of hydrogen-bond donors (Lipinski definition) is 1. The first kappa shape index (κ1) is 16.5. The lowest BCUT2D eigenvalue weighted by molar-refractivity contribution is -0.124. The first-order valence-electron chi connectivity index (χ1n) is 8.46. The maximum atomic E-state index is 12.4. The molecule has 1 saturated carbocycles. The summed E-state index contributed by atoms with van der Waals surface area (Å²) in [5.74, 6) is -0.300. The molecular formula is C18H25NO3S. The van der Waals surface area contributed by atoms with Gasteiger partial charge >= 0.3 is 0 Å². The Morgan fingerprint density at radius 2 is 2.04 bits per heavy atom. The minimum absolute atomic E-state index is 0.0102. The van der Waals surface area contributed by atoms with Gasteiger partial charge in [0.25, 0.3) is 0 Å². The topological polar surface area (TPSA) is 63.2 Å². The Kier molecular flexibility index (Phi) is 4.50. The van der Waals surface area contributed by atoms with Gasteiger partial charge in [0.05, 0.1) is 17.4 Å². The summed E-state index contributed by atoms with van der Waals surface area (Å²) in [6, 6.07) is 8.55. The van der Waals surface area contributed by atoms with E-state index in [0.717, 1.165) is 12.8 Å². The second-order valence-corrected chi connectivity index (χ2v) is 9.40. The lowest BCUT2D eigenvalue weighted by Crippen LogP contribution is -2.41. The predicted octanol–water partition coefficient (Wildman–Crippen LogP) is 2.36. The van der Waals surface area contributed by atoms with E-state index in [1.165, 1.54) is 24.0 Å². The summed E-state index contributed by atoms with van der Waals surface area (Å²) >= 11 is 0. The molecule has 1 aromatic rings. The molecule has 1 heterocycles. The van der Waals surface area contributed by atoms with Crippen molar-refractivity contribution in [1.29, 1.82) is 0 Å². The second kappa shape index (κ2) is 6.27. The molecule has 3 rings (SSSR count). The summed E-state index contributed by atoms with van der Waals surface area (Å²) in [6.45, 7) is 2.71. The summed E-state index contributed by atoms with van der Waals surface area (Å²) in [6.07, 6.45) is 4.99. The van der Waals surface area contributed by atoms with Gasteiger partial charge in [0, 0.05) is 12.0 Å². The zero-order chi connectivity index (χ0) is 16.5. The first-order valence-corrected chi connectivity index (χ1v) is 10.3. The van der Waals surface area contributed by atoms with Crippen LogP contribution in [0.3, 0.4) is 0 Å². The molecule has 2 aliphatic rings. The number of nitrogens with one attached hydrogen (secondary N) is 1. The summed E-state index contributed by atoms with van der Waals surface area (Å²) in [4.78, 5) is 12.4. The molecule has 1 atom stereocenters. The molecule has 4 nitrogen and oxygen atoms in total. The summed E-state index contributed by atoms with van der Waals surface area (Å²) in [5.41, 5.74) is 2.55. The van der Waals surface area contributed by atoms with Gasteiger partial charge in [0.2, 0.25) is 5.91 Å². The van der Waals surface area contributed by atoms with Crippen LogP contribution in [0.5, 0.6) is 0 Å². The van der Waals surface area contributed by atoms with Crippen LogP contribution in [0.15, 0.2) is 24.3 Å². The van der Waals surface area contributed by atoms with Crippen molar-refractivity contribution < 1.29 is 13.2 Å². The highest BCUT2D eigenvalue weighted by Gasteiger charge is 2.38. The van der Waals surface area contributed by atoms with Crippen molar-refractivity contribution >= 4 is 15.7 Å². The van der Waals surface area contributed by atoms with Crippen molar-refractivity contribution in [2.75, 3.05) is 18.1 Å². The van der Waals surface area contributed by atoms with E-state index in [9.17, 15) is 13.2 Å². The van der Waals surface area contributed by atoms with E-state index >= 15 is 0 Å². The van der Waals surface area contributed by atoms with Crippen LogP contribution in [0, 0.1) is 12.8 Å². The van der Waals surface area contributed by atoms with Gasteiger partial charge in [0.1, 0.15) is 0 Å². The van der Waals surface area contributed by atoms with Crippen molar-refractivity contribution in [1.82, 2.24) is 5.32 Å². The van der Waals surface area contributed by atoms with Crippen LogP contribution in [0.2, 0.25) is 0 Å². The molecular weight excluding hydrogens is 310 g/mol. The predicted molar refractivity (Wildman–Crippen MR) is 91.1 cm³/mol. The largest absolute Gasteiger partial charge is 0.355 e. The number of carbonyl (C=O) groups excluding carboxylic acids is 1. The Morgan fingerprint density at radius 3 is 2.65 bits per heavy atom. The van der Waals surface area contributed by atoms with Gasteiger partial charge in [-0.2, -0.15) is 0 Å². The Labute approximate surface area is 138 Å². The minimum Gasteiger partial charge on any atom is -0.355 e. The van der Waals surface area contributed by atoms with Gasteiger partial charge in [-0.3, -0.25) is 4.79 Å². The molecule has 2 fully saturated rings. The van der Waals surface area contributed by atoms with E-state index < -0.39 is 9.84 Å². The highest BCUT2D eigenvalue weighted by molar-refractivity contribution is 7.91. The van der Waals surface area contributed by atoms with E-state index in [4.69, 9.17) is 0 Å². The minimum atomic E-state index is -3.01. The molecule has 5 heteroatoms. The first-order chi connectivity index (χ1) is 10.9. The number of carbonyl (C=O) groups is 1. The van der Waals surface area contributed by atoms with Gasteiger partial charge in [-0.05, 0) is 31.7 Å². The fraction of sp³-hybridized carbons (Fsp3) is 0.611. The number of sulfone groups is 1. The van der Waals surface area contributed by atoms with Crippen molar-refractivity contribution in [3.63, 3.8) is 0 Å². The van der Waals surface area contributed by atoms with Gasteiger partial charge in [-0.25, -0.2) is 8.42 Å². The lowest BCUT2D eigenvalue weighted by Gasteiger charge is -2.31. The van der Waals surface area contributed by atoms with Crippen molar-refractivity contribution in [2.45, 2.75) is 44.4 Å². The Balaban J connectivity index is 1.70. The molecule has 0 radical (unpaired) electrons. The van der Waals surface area contributed by atoms with Crippen molar-refractivity contribution in [2.24, 2.45) is 5.92 Å². The van der Waals surface area contributed by atoms with Crippen LogP contribution in [0.25, 0.3) is 0 Å². The third-order valence-electron chi connectivity index (χ3n) is 5.40. The summed E-state index contributed by atoms with van der Waals surface area (Å²) in [5, 5.41) is 3.06. The molecule has 1 saturated heterocycles. The number of rotatable bonds is 4. The summed E-state index contributed by atoms with van der Waals surface area (Å²) in [7, 11) is -3.01. The zero-order valence-electron chi connectivity index (χ0n) is 13.7. The van der Waals surface area contributed by atoms with Crippen LogP contribution >= 0.6 is 0 Å². The average molecular weight is 335 g/mol. The van der Waals surface area contributed by atoms with Crippen molar-refractivity contribution in [3.8, 4) is 0 Å². The van der Waals surface area contributed by atoms with E-state index in [2.05, 4.69) is 36.5 Å².